The van der Waals surface area contributed by atoms with Gasteiger partial charge >= 0.3 is 0 Å². The van der Waals surface area contributed by atoms with Gasteiger partial charge in [-0.1, -0.05) is 13.8 Å². The third-order valence-corrected chi connectivity index (χ3v) is 2.54. The van der Waals surface area contributed by atoms with Crippen molar-refractivity contribution >= 4 is 0 Å². The van der Waals surface area contributed by atoms with Crippen LogP contribution in [0.2, 0.25) is 0 Å². The topological polar surface area (TPSA) is 0 Å². The highest BCUT2D eigenvalue weighted by Crippen LogP contribution is 2.25. The van der Waals surface area contributed by atoms with E-state index in [-0.39, 0.29) is 12.4 Å². The van der Waals surface area contributed by atoms with Gasteiger partial charge in [-0.15, -0.1) is 0 Å². The molecule has 0 bridgehead atoms. The Kier molecular flexibility index (Phi) is 3.18. The third kappa shape index (κ3) is 2.14. The van der Waals surface area contributed by atoms with E-state index in [1.807, 2.05) is 0 Å². The van der Waals surface area contributed by atoms with Crippen LogP contribution in [0.3, 0.4) is 0 Å². The number of nitrogens with zero attached hydrogens (tertiary/aromatic N) is 1. The molecule has 1 rings (SSSR count). The van der Waals surface area contributed by atoms with E-state index in [1.165, 1.54) is 17.6 Å². The van der Waals surface area contributed by atoms with Crippen molar-refractivity contribution in [2.45, 2.75) is 13.8 Å². The summed E-state index contributed by atoms with van der Waals surface area (Å²) >= 11 is 0. The van der Waals surface area contributed by atoms with E-state index in [9.17, 15) is 0 Å². The fourth-order valence-electron chi connectivity index (χ4n) is 1.99. The first-order chi connectivity index (χ1) is 4.01. The Labute approximate surface area is 70.4 Å². The Morgan fingerprint density at radius 2 is 1.30 bits per heavy atom. The summed E-state index contributed by atoms with van der Waals surface area (Å²) in [5.74, 6) is 1.86. The Morgan fingerprint density at radius 3 is 1.40 bits per heavy atom. The highest BCUT2D eigenvalue weighted by Gasteiger charge is 2.33. The molecule has 10 heavy (non-hydrogen) atoms. The van der Waals surface area contributed by atoms with Gasteiger partial charge < -0.3 is 16.9 Å². The number of halogens is 1. The van der Waals surface area contributed by atoms with E-state index in [0.29, 0.717) is 0 Å². The fourth-order valence-corrected chi connectivity index (χ4v) is 1.99. The molecule has 1 fully saturated rings. The minimum absolute atomic E-state index is 0. The average Bonchev–Trinajstić information content (AvgIpc) is 1.79. The predicted molar refractivity (Wildman–Crippen MR) is 40.2 cm³/mol. The smallest absolute Gasteiger partial charge is 0.0813 e. The molecule has 2 heteroatoms. The summed E-state index contributed by atoms with van der Waals surface area (Å²) in [4.78, 5) is 0. The van der Waals surface area contributed by atoms with Crippen LogP contribution < -0.4 is 12.4 Å². The van der Waals surface area contributed by atoms with Crippen LogP contribution in [0.5, 0.6) is 0 Å². The maximum atomic E-state index is 2.36. The molecule has 1 nitrogen and oxygen atoms in total. The maximum Gasteiger partial charge on any atom is 0.0813 e. The van der Waals surface area contributed by atoms with Crippen molar-refractivity contribution in [1.82, 2.24) is 0 Å². The first-order valence-electron chi connectivity index (χ1n) is 3.83. The van der Waals surface area contributed by atoms with Crippen molar-refractivity contribution < 1.29 is 16.9 Å². The van der Waals surface area contributed by atoms with Gasteiger partial charge in [-0.2, -0.15) is 0 Å². The average molecular weight is 164 g/mol. The van der Waals surface area contributed by atoms with Gasteiger partial charge in [0.25, 0.3) is 0 Å². The highest BCUT2D eigenvalue weighted by molar-refractivity contribution is 4.66. The lowest BCUT2D eigenvalue weighted by Crippen LogP contribution is -3.00. The zero-order chi connectivity index (χ0) is 7.07. The van der Waals surface area contributed by atoms with Crippen LogP contribution in [0.4, 0.5) is 0 Å². The number of hydrogen-bond donors (Lipinski definition) is 0. The van der Waals surface area contributed by atoms with Gasteiger partial charge in [0.15, 0.2) is 0 Å². The number of hydrogen-bond acceptors (Lipinski definition) is 0. The minimum atomic E-state index is 0. The molecule has 0 aliphatic carbocycles. The lowest BCUT2D eigenvalue weighted by Gasteiger charge is -2.23. The van der Waals surface area contributed by atoms with Crippen molar-refractivity contribution in [3.05, 3.63) is 0 Å². The van der Waals surface area contributed by atoms with Crippen LogP contribution in [-0.2, 0) is 0 Å². The number of quaternary nitrogens is 1. The minimum Gasteiger partial charge on any atom is -1.00 e. The predicted octanol–water partition coefficient (Wildman–Crippen LogP) is -1.65. The van der Waals surface area contributed by atoms with E-state index >= 15 is 0 Å². The normalized spacial score (nSPS) is 37.2. The van der Waals surface area contributed by atoms with Crippen LogP contribution >= 0.6 is 0 Å². The van der Waals surface area contributed by atoms with Crippen molar-refractivity contribution in [3.8, 4) is 0 Å². The van der Waals surface area contributed by atoms with Gasteiger partial charge in [-0.05, 0) is 0 Å². The van der Waals surface area contributed by atoms with Crippen molar-refractivity contribution in [2.24, 2.45) is 11.8 Å². The zero-order valence-corrected chi connectivity index (χ0v) is 8.15. The largest absolute Gasteiger partial charge is 1.00 e. The summed E-state index contributed by atoms with van der Waals surface area (Å²) in [7, 11) is 4.64. The molecule has 0 N–H and O–H groups in total. The van der Waals surface area contributed by atoms with Gasteiger partial charge in [-0.25, -0.2) is 0 Å². The molecule has 0 aromatic carbocycles. The second-order valence-corrected chi connectivity index (χ2v) is 4.26. The van der Waals surface area contributed by atoms with E-state index in [2.05, 4.69) is 27.9 Å². The first-order valence-corrected chi connectivity index (χ1v) is 3.83. The molecule has 1 saturated heterocycles. The summed E-state index contributed by atoms with van der Waals surface area (Å²) in [5, 5.41) is 0. The molecule has 0 radical (unpaired) electrons. The van der Waals surface area contributed by atoms with Gasteiger partial charge in [0.1, 0.15) is 0 Å². The van der Waals surface area contributed by atoms with Crippen molar-refractivity contribution in [3.63, 3.8) is 0 Å². The van der Waals surface area contributed by atoms with Gasteiger partial charge in [0.05, 0.1) is 27.2 Å². The zero-order valence-electron chi connectivity index (χ0n) is 7.39. The Balaban J connectivity index is 0.000000810. The molecule has 0 aromatic rings. The van der Waals surface area contributed by atoms with Crippen LogP contribution in [0.15, 0.2) is 0 Å². The molecule has 0 amide bonds. The summed E-state index contributed by atoms with van der Waals surface area (Å²) < 4.78 is 1.22. The second-order valence-electron chi connectivity index (χ2n) is 4.26. The molecule has 1 heterocycles. The molecule has 62 valence electrons. The van der Waals surface area contributed by atoms with Crippen molar-refractivity contribution in [2.75, 3.05) is 27.2 Å². The van der Waals surface area contributed by atoms with Gasteiger partial charge in [0.2, 0.25) is 0 Å². The van der Waals surface area contributed by atoms with E-state index in [1.54, 1.807) is 0 Å². The Hall–Kier alpha value is 0.250. The van der Waals surface area contributed by atoms with Gasteiger partial charge in [0, 0.05) is 11.8 Å². The standard InChI is InChI=1S/C8H18N.ClH/c1-7-5-9(3,4)6-8(7)2;/h7-8H,5-6H2,1-4H3;1H/q+1;/p-1. The molecular weight excluding hydrogens is 146 g/mol. The van der Waals surface area contributed by atoms with Crippen LogP contribution in [0.1, 0.15) is 13.8 Å². The summed E-state index contributed by atoms with van der Waals surface area (Å²) in [5.41, 5.74) is 0. The molecule has 2 unspecified atom stereocenters. The third-order valence-electron chi connectivity index (χ3n) is 2.54. The quantitative estimate of drug-likeness (QED) is 0.376. The van der Waals surface area contributed by atoms with Crippen LogP contribution in [0.25, 0.3) is 0 Å². The lowest BCUT2D eigenvalue weighted by atomic mass is 10.0. The lowest BCUT2D eigenvalue weighted by molar-refractivity contribution is -0.880. The first kappa shape index (κ1) is 10.2. The van der Waals surface area contributed by atoms with Gasteiger partial charge in [-0.3, -0.25) is 0 Å². The van der Waals surface area contributed by atoms with E-state index < -0.39 is 0 Å². The summed E-state index contributed by atoms with van der Waals surface area (Å²) in [6.07, 6.45) is 0. The molecular formula is C8H18ClN. The molecule has 0 saturated carbocycles. The second kappa shape index (κ2) is 3.10. The highest BCUT2D eigenvalue weighted by atomic mass is 35.5. The molecule has 2 atom stereocenters. The number of likely N-dealkylation sites (tertiary alicyclic amines) is 1. The van der Waals surface area contributed by atoms with E-state index in [4.69, 9.17) is 0 Å². The maximum absolute atomic E-state index is 2.36. The monoisotopic (exact) mass is 163 g/mol. The molecule has 1 aliphatic rings. The Morgan fingerprint density at radius 1 is 1.00 bits per heavy atom. The van der Waals surface area contributed by atoms with Crippen LogP contribution in [-0.4, -0.2) is 31.7 Å². The fraction of sp³-hybridized carbons (Fsp3) is 1.00. The number of rotatable bonds is 0. The summed E-state index contributed by atoms with van der Waals surface area (Å²) in [6, 6.07) is 0. The molecule has 1 aliphatic heterocycles. The molecule has 0 spiro atoms. The SMILES string of the molecule is CC1C[N+](C)(C)CC1C.[Cl-]. The Bertz CT molecular complexity index is 99.8. The van der Waals surface area contributed by atoms with Crippen LogP contribution in [0, 0.1) is 11.8 Å². The summed E-state index contributed by atoms with van der Waals surface area (Å²) in [6.45, 7) is 7.44. The van der Waals surface area contributed by atoms with Crippen molar-refractivity contribution in [1.29, 1.82) is 0 Å². The van der Waals surface area contributed by atoms with E-state index in [0.717, 1.165) is 11.8 Å². The molecule has 0 aromatic heterocycles.